The van der Waals surface area contributed by atoms with E-state index in [9.17, 15) is 9.50 Å². The molecule has 10 heteroatoms. The first-order valence-corrected chi connectivity index (χ1v) is 12.4. The number of aliphatic hydroxyl groups is 1. The second-order valence-electron chi connectivity index (χ2n) is 9.29. The van der Waals surface area contributed by atoms with E-state index in [0.717, 1.165) is 61.6 Å². The van der Waals surface area contributed by atoms with Gasteiger partial charge in [0.15, 0.2) is 17.9 Å². The zero-order valence-electron chi connectivity index (χ0n) is 20.3. The zero-order valence-corrected chi connectivity index (χ0v) is 20.3. The summed E-state index contributed by atoms with van der Waals surface area (Å²) in [6.45, 7) is 4.90. The molecule has 2 aliphatic heterocycles. The van der Waals surface area contributed by atoms with Crippen LogP contribution in [0.2, 0.25) is 0 Å². The smallest absolute Gasteiger partial charge is 0.186 e. The number of benzene rings is 1. The van der Waals surface area contributed by atoms with E-state index < -0.39 is 6.23 Å². The van der Waals surface area contributed by atoms with E-state index in [4.69, 9.17) is 9.47 Å². The minimum atomic E-state index is -0.796. The molecule has 1 atom stereocenters. The number of morpholine rings is 1. The number of hydrogen-bond donors (Lipinski definition) is 2. The normalized spacial score (nSPS) is 24.3. The summed E-state index contributed by atoms with van der Waals surface area (Å²) in [6, 6.07) is 4.24. The van der Waals surface area contributed by atoms with E-state index >= 15 is 0 Å². The Balaban J connectivity index is 1.30. The second kappa shape index (κ2) is 10.3. The molecule has 1 aliphatic carbocycles. The first kappa shape index (κ1) is 23.7. The van der Waals surface area contributed by atoms with Crippen molar-refractivity contribution in [3.8, 4) is 5.75 Å². The minimum Gasteiger partial charge on any atom is -0.488 e. The number of aromatic nitrogens is 2. The Labute approximate surface area is 205 Å². The number of rotatable bonds is 6. The Morgan fingerprint density at radius 3 is 2.69 bits per heavy atom. The number of ether oxygens (including phenoxy) is 2. The molecule has 3 aliphatic rings. The highest BCUT2D eigenvalue weighted by Crippen LogP contribution is 2.45. The molecule has 35 heavy (non-hydrogen) atoms. The molecule has 1 saturated carbocycles. The van der Waals surface area contributed by atoms with Crippen LogP contribution in [0.15, 0.2) is 23.5 Å². The average molecular weight is 485 g/mol. The van der Waals surface area contributed by atoms with Gasteiger partial charge in [-0.1, -0.05) is 6.92 Å². The maximum absolute atomic E-state index is 14.6. The lowest BCUT2D eigenvalue weighted by Crippen LogP contribution is -2.37. The van der Waals surface area contributed by atoms with Gasteiger partial charge in [-0.3, -0.25) is 4.99 Å². The van der Waals surface area contributed by atoms with Crippen molar-refractivity contribution in [2.45, 2.75) is 57.4 Å². The highest BCUT2D eigenvalue weighted by molar-refractivity contribution is 5.88. The van der Waals surface area contributed by atoms with Crippen LogP contribution in [-0.4, -0.2) is 73.0 Å². The van der Waals surface area contributed by atoms with Crippen LogP contribution in [0, 0.1) is 5.82 Å². The summed E-state index contributed by atoms with van der Waals surface area (Å²) in [7, 11) is 1.84. The number of aliphatic hydroxyl groups excluding tert-OH is 1. The summed E-state index contributed by atoms with van der Waals surface area (Å²) in [4.78, 5) is 16.7. The van der Waals surface area contributed by atoms with Crippen LogP contribution >= 0.6 is 0 Å². The van der Waals surface area contributed by atoms with Gasteiger partial charge in [0.1, 0.15) is 17.8 Å². The minimum absolute atomic E-state index is 0.0231. The lowest BCUT2D eigenvalue weighted by Gasteiger charge is -2.35. The van der Waals surface area contributed by atoms with Crippen molar-refractivity contribution in [3.05, 3.63) is 30.0 Å². The van der Waals surface area contributed by atoms with Gasteiger partial charge in [0.2, 0.25) is 0 Å². The molecule has 188 valence electrons. The molecule has 0 amide bonds. The molecule has 1 aromatic carbocycles. The zero-order chi connectivity index (χ0) is 24.4. The molecule has 9 nitrogen and oxygen atoms in total. The van der Waals surface area contributed by atoms with Crippen molar-refractivity contribution in [2.75, 3.05) is 48.5 Å². The van der Waals surface area contributed by atoms with Crippen LogP contribution in [0.1, 0.15) is 38.3 Å². The molecule has 3 heterocycles. The molecular weight excluding hydrogens is 451 g/mol. The van der Waals surface area contributed by atoms with Crippen LogP contribution in [0.5, 0.6) is 5.75 Å². The van der Waals surface area contributed by atoms with Crippen molar-refractivity contribution < 1.29 is 19.0 Å². The number of hydrogen-bond acceptors (Lipinski definition) is 9. The van der Waals surface area contributed by atoms with E-state index in [1.165, 1.54) is 6.33 Å². The van der Waals surface area contributed by atoms with Crippen molar-refractivity contribution in [2.24, 2.45) is 4.99 Å². The van der Waals surface area contributed by atoms with E-state index in [1.54, 1.807) is 11.1 Å². The van der Waals surface area contributed by atoms with E-state index in [0.29, 0.717) is 25.3 Å². The predicted molar refractivity (Wildman–Crippen MR) is 134 cm³/mol. The van der Waals surface area contributed by atoms with E-state index in [2.05, 4.69) is 31.2 Å². The molecule has 5 rings (SSSR count). The Bertz CT molecular complexity index is 1070. The van der Waals surface area contributed by atoms with Crippen molar-refractivity contribution in [3.63, 3.8) is 0 Å². The summed E-state index contributed by atoms with van der Waals surface area (Å²) in [5.41, 5.74) is 3.06. The first-order chi connectivity index (χ1) is 17.0. The predicted octanol–water partition coefficient (Wildman–Crippen LogP) is 3.29. The number of aliphatic imine (C=N–C) groups is 1. The standard InChI is InChI=1S/C25H33FN6O3/c1-3-19-23(26)25(29-15-28-19)30-16-4-6-18(7-5-16)35-21-13-17(32-8-10-34-11-9-32)12-20-24(21)31(2)22(33)14-27-20/h12-16,18,22,33H,3-11H2,1-2H3,(H,28,29,30). The first-order valence-electron chi connectivity index (χ1n) is 12.4. The second-order valence-corrected chi connectivity index (χ2v) is 9.29. The van der Waals surface area contributed by atoms with Crippen molar-refractivity contribution in [1.29, 1.82) is 0 Å². The molecule has 2 fully saturated rings. The maximum Gasteiger partial charge on any atom is 0.186 e. The number of nitrogens with one attached hydrogen (secondary N) is 1. The highest BCUT2D eigenvalue weighted by Gasteiger charge is 2.29. The van der Waals surface area contributed by atoms with Gasteiger partial charge in [0, 0.05) is 37.9 Å². The fourth-order valence-corrected chi connectivity index (χ4v) is 4.96. The molecule has 0 bridgehead atoms. The van der Waals surface area contributed by atoms with Crippen LogP contribution in [0.25, 0.3) is 0 Å². The maximum atomic E-state index is 14.6. The van der Waals surface area contributed by atoms with Crippen LogP contribution in [0.4, 0.5) is 27.3 Å². The van der Waals surface area contributed by atoms with Crippen LogP contribution < -0.4 is 19.9 Å². The van der Waals surface area contributed by atoms with Crippen molar-refractivity contribution >= 4 is 29.1 Å². The molecule has 1 saturated heterocycles. The fraction of sp³-hybridized carbons (Fsp3) is 0.560. The molecule has 1 aromatic heterocycles. The van der Waals surface area contributed by atoms with Gasteiger partial charge < -0.3 is 29.7 Å². The third-order valence-corrected chi connectivity index (χ3v) is 7.02. The van der Waals surface area contributed by atoms with Crippen LogP contribution in [-0.2, 0) is 11.2 Å². The Morgan fingerprint density at radius 2 is 1.94 bits per heavy atom. The summed E-state index contributed by atoms with van der Waals surface area (Å²) in [6.07, 6.45) is 6.07. The van der Waals surface area contributed by atoms with Gasteiger partial charge in [0.05, 0.1) is 36.9 Å². The molecule has 1 unspecified atom stereocenters. The summed E-state index contributed by atoms with van der Waals surface area (Å²) >= 11 is 0. The molecule has 0 spiro atoms. The Hall–Kier alpha value is -2.98. The largest absolute Gasteiger partial charge is 0.488 e. The highest BCUT2D eigenvalue weighted by atomic mass is 19.1. The van der Waals surface area contributed by atoms with E-state index in [-0.39, 0.29) is 23.8 Å². The third kappa shape index (κ3) is 5.04. The van der Waals surface area contributed by atoms with Crippen molar-refractivity contribution in [1.82, 2.24) is 9.97 Å². The fourth-order valence-electron chi connectivity index (χ4n) is 4.96. The van der Waals surface area contributed by atoms with Crippen LogP contribution in [0.3, 0.4) is 0 Å². The quantitative estimate of drug-likeness (QED) is 0.645. The Kier molecular flexibility index (Phi) is 7.01. The van der Waals surface area contributed by atoms with Gasteiger partial charge in [0.25, 0.3) is 0 Å². The molecule has 0 radical (unpaired) electrons. The van der Waals surface area contributed by atoms with Gasteiger partial charge in [-0.15, -0.1) is 0 Å². The SMILES string of the molecule is CCc1ncnc(NC2CCC(Oc3cc(N4CCOCC4)cc4c3N(C)C(O)C=N4)CC2)c1F. The topological polar surface area (TPSA) is 95.3 Å². The number of fused-ring (bicyclic) bond motifs is 1. The number of nitrogens with zero attached hydrogens (tertiary/aromatic N) is 5. The Morgan fingerprint density at radius 1 is 1.17 bits per heavy atom. The number of aryl methyl sites for hydroxylation is 1. The summed E-state index contributed by atoms with van der Waals surface area (Å²) in [5, 5.41) is 13.6. The van der Waals surface area contributed by atoms with Gasteiger partial charge in [-0.05, 0) is 38.2 Å². The molecule has 2 N–H and O–H groups in total. The van der Waals surface area contributed by atoms with E-state index in [1.807, 2.05) is 20.0 Å². The van der Waals surface area contributed by atoms with Gasteiger partial charge in [-0.25, -0.2) is 14.4 Å². The van der Waals surface area contributed by atoms with Gasteiger partial charge >= 0.3 is 0 Å². The average Bonchev–Trinajstić information content (AvgIpc) is 2.89. The molecular formula is C25H33FN6O3. The molecule has 2 aromatic rings. The number of anilines is 3. The summed E-state index contributed by atoms with van der Waals surface area (Å²) < 4.78 is 26.6. The lowest BCUT2D eigenvalue weighted by molar-refractivity contribution is 0.122. The lowest BCUT2D eigenvalue weighted by atomic mass is 9.93. The summed E-state index contributed by atoms with van der Waals surface area (Å²) in [5.74, 6) is 0.650. The third-order valence-electron chi connectivity index (χ3n) is 7.02. The monoisotopic (exact) mass is 484 g/mol. The number of halogens is 1. The van der Waals surface area contributed by atoms with Gasteiger partial charge in [-0.2, -0.15) is 0 Å².